The van der Waals surface area contributed by atoms with E-state index in [1.54, 1.807) is 0 Å². The van der Waals surface area contributed by atoms with Crippen LogP contribution in [-0.2, 0) is 10.8 Å². The molecule has 2 aliphatic rings. The maximum absolute atomic E-state index is 6.42. The minimum Gasteiger partial charge on any atom is -0.455 e. The minimum atomic E-state index is -0.159. The van der Waals surface area contributed by atoms with Crippen LogP contribution in [0.1, 0.15) is 49.9 Å². The van der Waals surface area contributed by atoms with Gasteiger partial charge < -0.3 is 4.42 Å². The van der Waals surface area contributed by atoms with Crippen molar-refractivity contribution < 1.29 is 4.42 Å². The zero-order valence-corrected chi connectivity index (χ0v) is 62.3. The van der Waals surface area contributed by atoms with Crippen LogP contribution in [0, 0.1) is 0 Å². The lowest BCUT2D eigenvalue weighted by molar-refractivity contribution is 0.668. The number of thiophene rings is 1. The summed E-state index contributed by atoms with van der Waals surface area (Å²) in [5.74, 6) is 0. The number of para-hydroxylation sites is 2. The molecule has 0 atom stereocenters. The lowest BCUT2D eigenvalue weighted by atomic mass is 9.77. The maximum atomic E-state index is 6.42. The molecule has 0 bridgehead atoms. The molecule has 21 aromatic rings. The Morgan fingerprint density at radius 2 is 0.555 bits per heavy atom. The third-order valence-electron chi connectivity index (χ3n) is 24.4. The molecule has 0 saturated heterocycles. The fourth-order valence-corrected chi connectivity index (χ4v) is 21.1. The van der Waals surface area contributed by atoms with Crippen LogP contribution in [0.2, 0.25) is 0 Å². The van der Waals surface area contributed by atoms with Gasteiger partial charge in [-0.25, -0.2) is 0 Å². The molecule has 1 nitrogen and oxygen atoms in total. The summed E-state index contributed by atoms with van der Waals surface area (Å²) in [7, 11) is 0. The molecule has 2 heteroatoms. The third-order valence-corrected chi connectivity index (χ3v) is 25.6. The predicted molar refractivity (Wildman–Crippen MR) is 471 cm³/mol. The van der Waals surface area contributed by atoms with Crippen LogP contribution < -0.4 is 0 Å². The third kappa shape index (κ3) is 9.59. The smallest absolute Gasteiger partial charge is 0.143 e. The normalized spacial score (nSPS) is 13.2. The largest absolute Gasteiger partial charge is 0.455 e. The van der Waals surface area contributed by atoms with Crippen LogP contribution in [0.15, 0.2) is 368 Å². The van der Waals surface area contributed by atoms with E-state index in [1.807, 2.05) is 23.5 Å². The van der Waals surface area contributed by atoms with Crippen molar-refractivity contribution in [1.82, 2.24) is 0 Å². The van der Waals surface area contributed by atoms with Gasteiger partial charge in [0.25, 0.3) is 0 Å². The van der Waals surface area contributed by atoms with Gasteiger partial charge in [0.05, 0.1) is 0 Å². The van der Waals surface area contributed by atoms with Gasteiger partial charge in [-0.05, 0) is 200 Å². The monoisotopic (exact) mass is 1420 g/mol. The quantitative estimate of drug-likeness (QED) is 0.145. The Kier molecular flexibility index (Phi) is 14.3. The lowest BCUT2D eigenvalue weighted by Gasteiger charge is -2.26. The number of fused-ring (bicyclic) bond motifs is 20. The van der Waals surface area contributed by atoms with Gasteiger partial charge in [-0.2, -0.15) is 0 Å². The highest BCUT2D eigenvalue weighted by molar-refractivity contribution is 7.26. The van der Waals surface area contributed by atoms with Crippen LogP contribution in [-0.4, -0.2) is 0 Å². The second-order valence-corrected chi connectivity index (χ2v) is 32.2. The summed E-state index contributed by atoms with van der Waals surface area (Å²) in [5, 5.41) is 20.4. The van der Waals surface area contributed by atoms with E-state index < -0.39 is 0 Å². The SMILES string of the molecule is CC1(C)c2c(-c3cccc(-c4c5ccccc5c(-c5ccc(-c6cccc7c6oc6ccccc67)cc5)c5ccccc45)c3)cccc2-c2ccc3ccccc3c21.CC1(C)c2c(-c3cccc(-c4c5ccccc5c(-c5cccc6c5sc5ccccc56)c5ccccc45)c3)cccc2-c2ccc3ccccc3c21. The molecule has 0 saturated carbocycles. The average molecular weight is 1420 g/mol. The van der Waals surface area contributed by atoms with E-state index in [2.05, 4.69) is 380 Å². The highest BCUT2D eigenvalue weighted by Crippen LogP contribution is 2.58. The van der Waals surface area contributed by atoms with Crippen molar-refractivity contribution in [3.05, 3.63) is 386 Å². The highest BCUT2D eigenvalue weighted by atomic mass is 32.1. The molecular formula is C108H72OS. The molecular weight excluding hydrogens is 1350 g/mol. The van der Waals surface area contributed by atoms with Crippen LogP contribution in [0.25, 0.3) is 207 Å². The van der Waals surface area contributed by atoms with Crippen molar-refractivity contribution in [3.8, 4) is 100 Å². The number of rotatable bonds is 7. The summed E-state index contributed by atoms with van der Waals surface area (Å²) in [6.07, 6.45) is 0. The van der Waals surface area contributed by atoms with E-state index in [9.17, 15) is 0 Å². The summed E-state index contributed by atoms with van der Waals surface area (Å²) >= 11 is 1.91. The Hall–Kier alpha value is -13.2. The molecule has 0 amide bonds. The van der Waals surface area contributed by atoms with E-state index in [1.165, 1.54) is 196 Å². The summed E-state index contributed by atoms with van der Waals surface area (Å²) in [6.45, 7) is 9.63. The van der Waals surface area contributed by atoms with Crippen LogP contribution in [0.4, 0.5) is 0 Å². The summed E-state index contributed by atoms with van der Waals surface area (Å²) in [6, 6.07) is 135. The Balaban J connectivity index is 0.000000136. The van der Waals surface area contributed by atoms with E-state index in [0.717, 1.165) is 33.1 Å². The van der Waals surface area contributed by atoms with Crippen LogP contribution in [0.3, 0.4) is 0 Å². The lowest BCUT2D eigenvalue weighted by Crippen LogP contribution is -2.16. The van der Waals surface area contributed by atoms with Crippen molar-refractivity contribution in [2.45, 2.75) is 38.5 Å². The number of hydrogen-bond acceptors (Lipinski definition) is 2. The van der Waals surface area contributed by atoms with Crippen LogP contribution >= 0.6 is 11.3 Å². The zero-order valence-electron chi connectivity index (χ0n) is 61.5. The molecule has 23 rings (SSSR count). The molecule has 2 aliphatic carbocycles. The summed E-state index contributed by atoms with van der Waals surface area (Å²) in [4.78, 5) is 0. The van der Waals surface area contributed by atoms with Crippen molar-refractivity contribution in [1.29, 1.82) is 0 Å². The Labute approximate surface area is 642 Å². The van der Waals surface area contributed by atoms with Crippen molar-refractivity contribution in [2.75, 3.05) is 0 Å². The van der Waals surface area contributed by atoms with Gasteiger partial charge in [-0.15, -0.1) is 11.3 Å². The molecule has 110 heavy (non-hydrogen) atoms. The Bertz CT molecular complexity index is 7340. The van der Waals surface area contributed by atoms with E-state index in [4.69, 9.17) is 4.42 Å². The van der Waals surface area contributed by atoms with E-state index in [0.29, 0.717) is 0 Å². The topological polar surface area (TPSA) is 13.1 Å². The second kappa shape index (κ2) is 24.7. The summed E-state index contributed by atoms with van der Waals surface area (Å²) < 4.78 is 9.10. The molecule has 0 spiro atoms. The first-order chi connectivity index (χ1) is 54.1. The minimum absolute atomic E-state index is 0.146. The van der Waals surface area contributed by atoms with Crippen molar-refractivity contribution in [2.24, 2.45) is 0 Å². The molecule has 2 aromatic heterocycles. The molecule has 516 valence electrons. The van der Waals surface area contributed by atoms with Gasteiger partial charge in [-0.1, -0.05) is 367 Å². The second-order valence-electron chi connectivity index (χ2n) is 31.1. The molecule has 0 aliphatic heterocycles. The first kappa shape index (κ1) is 64.0. The Morgan fingerprint density at radius 3 is 1.06 bits per heavy atom. The van der Waals surface area contributed by atoms with Gasteiger partial charge in [0.15, 0.2) is 0 Å². The first-order valence-electron chi connectivity index (χ1n) is 38.4. The fourth-order valence-electron chi connectivity index (χ4n) is 19.9. The first-order valence-corrected chi connectivity index (χ1v) is 39.3. The molecule has 0 N–H and O–H groups in total. The Morgan fingerprint density at radius 1 is 0.209 bits per heavy atom. The van der Waals surface area contributed by atoms with Gasteiger partial charge in [0, 0.05) is 52.9 Å². The van der Waals surface area contributed by atoms with Crippen LogP contribution in [0.5, 0.6) is 0 Å². The molecule has 0 radical (unpaired) electrons. The average Bonchev–Trinajstić information content (AvgIpc) is 1.52. The van der Waals surface area contributed by atoms with E-state index in [-0.39, 0.29) is 10.8 Å². The highest BCUT2D eigenvalue weighted by Gasteiger charge is 2.41. The number of hydrogen-bond donors (Lipinski definition) is 0. The fraction of sp³-hybridized carbons (Fsp3) is 0.0556. The zero-order chi connectivity index (χ0) is 73.1. The molecule has 0 unspecified atom stereocenters. The standard InChI is InChI=1S/C57H38O.C51H34S/c1-57(2)54-40-17-4-3-14-35(40)32-33-49(54)48-25-12-23-41(55(48)57)38-15-11-16-39(34-38)53-46-21-7-5-19-44(46)52(45-20-6-8-22-47(45)53)37-30-28-36(29-31-37)42-24-13-26-50-43-18-9-10-27-51(43)58-56(42)50;1-51(2)48-34-17-4-3-14-31(34)28-29-42(48)41-24-12-23-35(49(41)51)32-15-11-16-33(30-32)46-37-19-5-7-21-39(37)47(40-22-8-6-20-38(40)46)44-26-13-25-43-36-18-9-10-27-45(36)52-50(43)44/h3-34H,1-2H3;3-30H,1-2H3. The number of furan rings is 1. The maximum Gasteiger partial charge on any atom is 0.143 e. The van der Waals surface area contributed by atoms with E-state index >= 15 is 0 Å². The van der Waals surface area contributed by atoms with Gasteiger partial charge in [0.1, 0.15) is 11.2 Å². The molecule has 19 aromatic carbocycles. The van der Waals surface area contributed by atoms with Crippen molar-refractivity contribution in [3.63, 3.8) is 0 Å². The number of benzene rings is 19. The van der Waals surface area contributed by atoms with Gasteiger partial charge >= 0.3 is 0 Å². The van der Waals surface area contributed by atoms with Crippen molar-refractivity contribution >= 4 is 118 Å². The van der Waals surface area contributed by atoms with Gasteiger partial charge in [-0.3, -0.25) is 0 Å². The van der Waals surface area contributed by atoms with Gasteiger partial charge in [0.2, 0.25) is 0 Å². The molecule has 0 fully saturated rings. The molecule has 2 heterocycles. The summed E-state index contributed by atoms with van der Waals surface area (Å²) in [5.41, 5.74) is 30.1. The predicted octanol–water partition coefficient (Wildman–Crippen LogP) is 30.8.